The van der Waals surface area contributed by atoms with Crippen LogP contribution in [0.4, 0.5) is 24.5 Å². The number of hydrogen-bond acceptors (Lipinski definition) is 4. The largest absolute Gasteiger partial charge is 0.871 e. The van der Waals surface area contributed by atoms with Gasteiger partial charge in [-0.1, -0.05) is 33.3 Å². The second kappa shape index (κ2) is 6.78. The summed E-state index contributed by atoms with van der Waals surface area (Å²) in [7, 11) is 0. The van der Waals surface area contributed by atoms with Gasteiger partial charge in [-0.2, -0.15) is 13.2 Å². The zero-order chi connectivity index (χ0) is 18.1. The molecule has 5 nitrogen and oxygen atoms in total. The smallest absolute Gasteiger partial charge is 0.416 e. The Labute approximate surface area is 146 Å². The monoisotopic (exact) mass is 421 g/mol. The molecule has 2 aromatic carbocycles. The molecule has 0 unspecified atom stereocenters. The Morgan fingerprint density at radius 2 is 1.92 bits per heavy atom. The SMILES string of the molecule is O=[N+]([O-])c1cc(Br)c([O-])c(C=Nc2cc(C(F)(F)F)ccc2Cl)c1. The maximum atomic E-state index is 12.7. The molecule has 0 spiro atoms. The number of nitrogens with zero attached hydrogens (tertiary/aromatic N) is 2. The van der Waals surface area contributed by atoms with Gasteiger partial charge in [-0.15, -0.1) is 0 Å². The van der Waals surface area contributed by atoms with E-state index in [2.05, 4.69) is 20.9 Å². The van der Waals surface area contributed by atoms with Gasteiger partial charge in [0.15, 0.2) is 0 Å². The highest BCUT2D eigenvalue weighted by Gasteiger charge is 2.30. The molecule has 2 rings (SSSR count). The van der Waals surface area contributed by atoms with E-state index >= 15 is 0 Å². The maximum absolute atomic E-state index is 12.7. The quantitative estimate of drug-likeness (QED) is 0.403. The maximum Gasteiger partial charge on any atom is 0.416 e. The van der Waals surface area contributed by atoms with Gasteiger partial charge in [-0.3, -0.25) is 15.1 Å². The number of nitro benzene ring substituents is 1. The standard InChI is InChI=1S/C14H7BrClF3N2O3/c15-10-5-9(21(23)24)3-7(13(10)22)6-20-12-4-8(14(17,18)19)1-2-11(12)16/h1-6,22H/p-1. The van der Waals surface area contributed by atoms with E-state index in [0.29, 0.717) is 0 Å². The first kappa shape index (κ1) is 18.2. The molecular weight excluding hydrogens is 417 g/mol. The molecule has 0 N–H and O–H groups in total. The summed E-state index contributed by atoms with van der Waals surface area (Å²) in [4.78, 5) is 13.8. The van der Waals surface area contributed by atoms with Crippen LogP contribution in [0, 0.1) is 10.1 Å². The molecule has 0 aliphatic heterocycles. The van der Waals surface area contributed by atoms with Crippen LogP contribution in [-0.2, 0) is 6.18 Å². The van der Waals surface area contributed by atoms with Crippen LogP contribution in [0.25, 0.3) is 0 Å². The van der Waals surface area contributed by atoms with Crippen LogP contribution >= 0.6 is 27.5 Å². The van der Waals surface area contributed by atoms with Gasteiger partial charge in [-0.25, -0.2) is 0 Å². The van der Waals surface area contributed by atoms with Gasteiger partial charge in [0.1, 0.15) is 0 Å². The Morgan fingerprint density at radius 1 is 1.25 bits per heavy atom. The minimum Gasteiger partial charge on any atom is -0.871 e. The molecule has 0 atom stereocenters. The van der Waals surface area contributed by atoms with Crippen molar-refractivity contribution in [2.24, 2.45) is 4.99 Å². The van der Waals surface area contributed by atoms with E-state index < -0.39 is 22.4 Å². The lowest BCUT2D eigenvalue weighted by molar-refractivity contribution is -0.385. The second-order valence-corrected chi connectivity index (χ2v) is 5.79. The summed E-state index contributed by atoms with van der Waals surface area (Å²) >= 11 is 8.68. The molecule has 0 saturated heterocycles. The first-order chi connectivity index (χ1) is 11.1. The number of alkyl halides is 3. The van der Waals surface area contributed by atoms with Crippen molar-refractivity contribution in [1.29, 1.82) is 0 Å². The van der Waals surface area contributed by atoms with Crippen molar-refractivity contribution in [3.8, 4) is 5.75 Å². The van der Waals surface area contributed by atoms with Gasteiger partial charge >= 0.3 is 6.18 Å². The average molecular weight is 423 g/mol. The zero-order valence-corrected chi connectivity index (χ0v) is 13.8. The fourth-order valence-electron chi connectivity index (χ4n) is 1.73. The lowest BCUT2D eigenvalue weighted by Crippen LogP contribution is -2.04. The molecule has 0 fully saturated rings. The summed E-state index contributed by atoms with van der Waals surface area (Å²) in [5.41, 5.74) is -1.70. The molecule has 0 amide bonds. The normalized spacial score (nSPS) is 11.9. The third-order valence-corrected chi connectivity index (χ3v) is 3.79. The molecule has 0 heterocycles. The summed E-state index contributed by atoms with van der Waals surface area (Å²) in [5, 5.41) is 22.6. The second-order valence-electron chi connectivity index (χ2n) is 4.53. The molecule has 10 heteroatoms. The van der Waals surface area contributed by atoms with Crippen molar-refractivity contribution in [2.45, 2.75) is 6.18 Å². The summed E-state index contributed by atoms with van der Waals surface area (Å²) in [6.07, 6.45) is -3.64. The van der Waals surface area contributed by atoms with Crippen molar-refractivity contribution in [3.63, 3.8) is 0 Å². The lowest BCUT2D eigenvalue weighted by atomic mass is 10.2. The molecule has 0 aliphatic carbocycles. The molecule has 126 valence electrons. The lowest BCUT2D eigenvalue weighted by Gasteiger charge is -2.12. The molecule has 0 saturated carbocycles. The summed E-state index contributed by atoms with van der Waals surface area (Å²) in [6, 6.07) is 4.54. The van der Waals surface area contributed by atoms with Crippen molar-refractivity contribution in [2.75, 3.05) is 0 Å². The van der Waals surface area contributed by atoms with Crippen LogP contribution in [0.15, 0.2) is 39.8 Å². The highest BCUT2D eigenvalue weighted by Crippen LogP contribution is 2.35. The van der Waals surface area contributed by atoms with Crippen molar-refractivity contribution in [1.82, 2.24) is 0 Å². The van der Waals surface area contributed by atoms with Gasteiger partial charge in [0.05, 0.1) is 21.2 Å². The number of benzene rings is 2. The Hall–Kier alpha value is -2.13. The van der Waals surface area contributed by atoms with Crippen molar-refractivity contribution >= 4 is 45.1 Å². The van der Waals surface area contributed by atoms with Crippen LogP contribution in [0.1, 0.15) is 11.1 Å². The number of hydrogen-bond donors (Lipinski definition) is 0. The fraction of sp³-hybridized carbons (Fsp3) is 0.0714. The van der Waals surface area contributed by atoms with Crippen LogP contribution in [0.5, 0.6) is 5.75 Å². The third kappa shape index (κ3) is 4.04. The first-order valence-corrected chi connectivity index (χ1v) is 7.32. The molecular formula is C14H6BrClF3N2O3-. The van der Waals surface area contributed by atoms with E-state index in [9.17, 15) is 28.4 Å². The minimum atomic E-state index is -4.58. The predicted octanol–water partition coefficient (Wildman–Crippen LogP) is 4.85. The topological polar surface area (TPSA) is 78.6 Å². The van der Waals surface area contributed by atoms with Crippen LogP contribution in [0.2, 0.25) is 5.02 Å². The van der Waals surface area contributed by atoms with Gasteiger partial charge in [0, 0.05) is 22.8 Å². The Balaban J connectivity index is 2.47. The predicted molar refractivity (Wildman–Crippen MR) is 84.0 cm³/mol. The van der Waals surface area contributed by atoms with Gasteiger partial charge in [0.2, 0.25) is 0 Å². The summed E-state index contributed by atoms with van der Waals surface area (Å²) < 4.78 is 38.0. The van der Waals surface area contributed by atoms with E-state index in [1.165, 1.54) is 0 Å². The zero-order valence-electron chi connectivity index (χ0n) is 11.5. The molecule has 0 aromatic heterocycles. The number of aliphatic imine (C=N–C) groups is 1. The van der Waals surface area contributed by atoms with Crippen molar-refractivity contribution < 1.29 is 23.2 Å². The molecule has 24 heavy (non-hydrogen) atoms. The number of rotatable bonds is 3. The fourth-order valence-corrected chi connectivity index (χ4v) is 2.36. The average Bonchev–Trinajstić information content (AvgIpc) is 2.48. The van der Waals surface area contributed by atoms with E-state index in [-0.39, 0.29) is 26.4 Å². The van der Waals surface area contributed by atoms with Crippen molar-refractivity contribution in [3.05, 3.63) is 61.1 Å². The highest BCUT2D eigenvalue weighted by molar-refractivity contribution is 9.10. The van der Waals surface area contributed by atoms with Crippen LogP contribution in [-0.4, -0.2) is 11.1 Å². The molecule has 2 aromatic rings. The van der Waals surface area contributed by atoms with E-state index in [0.717, 1.165) is 36.5 Å². The molecule has 0 radical (unpaired) electrons. The Bertz CT molecular complexity index is 841. The van der Waals surface area contributed by atoms with Gasteiger partial charge in [-0.05, 0) is 23.8 Å². The minimum absolute atomic E-state index is 0.0591. The summed E-state index contributed by atoms with van der Waals surface area (Å²) in [5.74, 6) is -0.590. The Kier molecular flexibility index (Phi) is 5.14. The molecule has 0 aliphatic rings. The number of non-ortho nitro benzene ring substituents is 1. The van der Waals surface area contributed by atoms with Gasteiger partial charge < -0.3 is 5.11 Å². The highest BCUT2D eigenvalue weighted by atomic mass is 79.9. The van der Waals surface area contributed by atoms with E-state index in [4.69, 9.17) is 11.6 Å². The van der Waals surface area contributed by atoms with E-state index in [1.54, 1.807) is 0 Å². The third-order valence-electron chi connectivity index (χ3n) is 2.88. The Morgan fingerprint density at radius 3 is 2.50 bits per heavy atom. The summed E-state index contributed by atoms with van der Waals surface area (Å²) in [6.45, 7) is 0. The number of nitro groups is 1. The van der Waals surface area contributed by atoms with Crippen LogP contribution in [0.3, 0.4) is 0 Å². The van der Waals surface area contributed by atoms with Gasteiger partial charge in [0.25, 0.3) is 5.69 Å². The first-order valence-electron chi connectivity index (χ1n) is 6.15. The van der Waals surface area contributed by atoms with Crippen LogP contribution < -0.4 is 5.11 Å². The van der Waals surface area contributed by atoms with E-state index in [1.807, 2.05) is 0 Å². The number of halogens is 5. The molecule has 0 bridgehead atoms.